The van der Waals surface area contributed by atoms with Crippen molar-refractivity contribution in [2.24, 2.45) is 0 Å². The summed E-state index contributed by atoms with van der Waals surface area (Å²) in [6, 6.07) is 16.2. The van der Waals surface area contributed by atoms with Crippen LogP contribution in [0, 0.1) is 0 Å². The van der Waals surface area contributed by atoms with E-state index in [1.807, 2.05) is 30.3 Å². The third-order valence-electron chi connectivity index (χ3n) is 3.87. The highest BCUT2D eigenvalue weighted by atomic mass is 16.1. The molecule has 23 heavy (non-hydrogen) atoms. The molecular weight excluding hydrogens is 286 g/mol. The van der Waals surface area contributed by atoms with Gasteiger partial charge in [0.1, 0.15) is 0 Å². The van der Waals surface area contributed by atoms with E-state index in [9.17, 15) is 4.79 Å². The monoisotopic (exact) mass is 307 g/mol. The molecule has 0 spiro atoms. The lowest BCUT2D eigenvalue weighted by atomic mass is 10.1. The van der Waals surface area contributed by atoms with E-state index in [0.717, 1.165) is 36.2 Å². The average molecular weight is 307 g/mol. The van der Waals surface area contributed by atoms with Crippen LogP contribution >= 0.6 is 0 Å². The number of benzene rings is 1. The average Bonchev–Trinajstić information content (AvgIpc) is 2.98. The van der Waals surface area contributed by atoms with Gasteiger partial charge in [0, 0.05) is 42.5 Å². The Hall–Kier alpha value is -2.62. The lowest BCUT2D eigenvalue weighted by Crippen LogP contribution is -2.25. The quantitative estimate of drug-likeness (QED) is 0.704. The summed E-state index contributed by atoms with van der Waals surface area (Å²) in [5.41, 5.74) is 3.34. The van der Waals surface area contributed by atoms with Gasteiger partial charge in [0.05, 0.1) is 0 Å². The molecule has 0 unspecified atom stereocenters. The molecule has 0 saturated carbocycles. The number of fused-ring (bicyclic) bond motifs is 1. The van der Waals surface area contributed by atoms with Gasteiger partial charge in [-0.05, 0) is 42.5 Å². The molecule has 4 nitrogen and oxygen atoms in total. The summed E-state index contributed by atoms with van der Waals surface area (Å²) in [4.78, 5) is 19.5. The minimum absolute atomic E-state index is 0.108. The molecule has 2 heterocycles. The van der Waals surface area contributed by atoms with E-state index in [1.54, 1.807) is 6.20 Å². The smallest absolute Gasteiger partial charge is 0.220 e. The standard InChI is InChI=1S/C19H21N3O/c23-19(10-5-8-16-7-3-4-12-20-16)21-13-11-17-14-15-6-1-2-9-18(15)22-17/h1-4,6-7,9,12,14,22H,5,8,10-11,13H2,(H,21,23). The fourth-order valence-electron chi connectivity index (χ4n) is 2.67. The van der Waals surface area contributed by atoms with Gasteiger partial charge in [-0.1, -0.05) is 24.3 Å². The number of aromatic nitrogens is 2. The van der Waals surface area contributed by atoms with Gasteiger partial charge in [0.15, 0.2) is 0 Å². The van der Waals surface area contributed by atoms with Crippen molar-refractivity contribution in [3.63, 3.8) is 0 Å². The van der Waals surface area contributed by atoms with Crippen molar-refractivity contribution in [2.45, 2.75) is 25.7 Å². The minimum atomic E-state index is 0.108. The Morgan fingerprint density at radius 1 is 1.09 bits per heavy atom. The van der Waals surface area contributed by atoms with Gasteiger partial charge in [-0.25, -0.2) is 0 Å². The van der Waals surface area contributed by atoms with Gasteiger partial charge in [-0.15, -0.1) is 0 Å². The molecule has 0 bridgehead atoms. The first-order valence-electron chi connectivity index (χ1n) is 8.04. The van der Waals surface area contributed by atoms with Crippen molar-refractivity contribution in [2.75, 3.05) is 6.54 Å². The molecule has 2 N–H and O–H groups in total. The Labute approximate surface area is 136 Å². The molecule has 0 radical (unpaired) electrons. The predicted octanol–water partition coefficient (Wildman–Crippen LogP) is 3.24. The Balaban J connectivity index is 1.37. The van der Waals surface area contributed by atoms with Crippen LogP contribution in [-0.2, 0) is 17.6 Å². The molecule has 0 atom stereocenters. The van der Waals surface area contributed by atoms with Crippen LogP contribution in [0.15, 0.2) is 54.7 Å². The number of aromatic amines is 1. The minimum Gasteiger partial charge on any atom is -0.358 e. The third-order valence-corrected chi connectivity index (χ3v) is 3.87. The number of hydrogen-bond acceptors (Lipinski definition) is 2. The van der Waals surface area contributed by atoms with Crippen molar-refractivity contribution in [3.05, 3.63) is 66.1 Å². The van der Waals surface area contributed by atoms with E-state index in [0.29, 0.717) is 13.0 Å². The topological polar surface area (TPSA) is 57.8 Å². The number of nitrogens with zero attached hydrogens (tertiary/aromatic N) is 1. The Morgan fingerprint density at radius 2 is 1.96 bits per heavy atom. The van der Waals surface area contributed by atoms with Crippen molar-refractivity contribution in [1.29, 1.82) is 0 Å². The van der Waals surface area contributed by atoms with Crippen LogP contribution in [0.25, 0.3) is 10.9 Å². The maximum atomic E-state index is 11.9. The number of para-hydroxylation sites is 1. The Bertz CT molecular complexity index is 731. The van der Waals surface area contributed by atoms with Gasteiger partial charge in [0.2, 0.25) is 5.91 Å². The molecule has 0 aliphatic carbocycles. The summed E-state index contributed by atoms with van der Waals surface area (Å²) >= 11 is 0. The van der Waals surface area contributed by atoms with E-state index in [4.69, 9.17) is 0 Å². The van der Waals surface area contributed by atoms with Crippen LogP contribution in [-0.4, -0.2) is 22.4 Å². The fraction of sp³-hybridized carbons (Fsp3) is 0.263. The van der Waals surface area contributed by atoms with Crippen LogP contribution in [0.3, 0.4) is 0 Å². The summed E-state index contributed by atoms with van der Waals surface area (Å²) in [6.45, 7) is 0.662. The second-order valence-electron chi connectivity index (χ2n) is 5.66. The summed E-state index contributed by atoms with van der Waals surface area (Å²) in [5, 5.41) is 4.19. The third kappa shape index (κ3) is 4.42. The number of amides is 1. The lowest BCUT2D eigenvalue weighted by molar-refractivity contribution is -0.121. The normalized spacial score (nSPS) is 10.8. The second-order valence-corrected chi connectivity index (χ2v) is 5.66. The molecule has 1 amide bonds. The molecule has 0 aliphatic rings. The van der Waals surface area contributed by atoms with E-state index in [-0.39, 0.29) is 5.91 Å². The van der Waals surface area contributed by atoms with Crippen molar-refractivity contribution < 1.29 is 4.79 Å². The molecule has 0 fully saturated rings. The van der Waals surface area contributed by atoms with Crippen LogP contribution < -0.4 is 5.32 Å². The van der Waals surface area contributed by atoms with Gasteiger partial charge in [-0.2, -0.15) is 0 Å². The van der Waals surface area contributed by atoms with Gasteiger partial charge >= 0.3 is 0 Å². The maximum Gasteiger partial charge on any atom is 0.220 e. The largest absolute Gasteiger partial charge is 0.358 e. The number of pyridine rings is 1. The number of rotatable bonds is 7. The Kier molecular flexibility index (Phi) is 5.04. The highest BCUT2D eigenvalue weighted by Gasteiger charge is 2.03. The molecular formula is C19H21N3O. The van der Waals surface area contributed by atoms with Crippen molar-refractivity contribution in [3.8, 4) is 0 Å². The van der Waals surface area contributed by atoms with Crippen LogP contribution in [0.2, 0.25) is 0 Å². The number of carbonyl (C=O) groups is 1. The van der Waals surface area contributed by atoms with Crippen LogP contribution in [0.4, 0.5) is 0 Å². The zero-order chi connectivity index (χ0) is 15.9. The molecule has 0 saturated heterocycles. The SMILES string of the molecule is O=C(CCCc1ccccn1)NCCc1cc2ccccc2[nH]1. The first kappa shape index (κ1) is 15.3. The highest BCUT2D eigenvalue weighted by Crippen LogP contribution is 2.14. The lowest BCUT2D eigenvalue weighted by Gasteiger charge is -2.04. The molecule has 3 rings (SSSR count). The summed E-state index contributed by atoms with van der Waals surface area (Å²) in [6.07, 6.45) is 4.82. The van der Waals surface area contributed by atoms with Crippen molar-refractivity contribution >= 4 is 16.8 Å². The van der Waals surface area contributed by atoms with E-state index >= 15 is 0 Å². The number of nitrogens with one attached hydrogen (secondary N) is 2. The molecule has 0 aliphatic heterocycles. The van der Waals surface area contributed by atoms with Crippen LogP contribution in [0.5, 0.6) is 0 Å². The van der Waals surface area contributed by atoms with Gasteiger partial charge < -0.3 is 10.3 Å². The number of carbonyl (C=O) groups excluding carboxylic acids is 1. The molecule has 4 heteroatoms. The van der Waals surface area contributed by atoms with Crippen LogP contribution in [0.1, 0.15) is 24.2 Å². The first-order chi connectivity index (χ1) is 11.3. The van der Waals surface area contributed by atoms with E-state index < -0.39 is 0 Å². The van der Waals surface area contributed by atoms with E-state index in [2.05, 4.69) is 33.5 Å². The molecule has 3 aromatic rings. The number of aryl methyl sites for hydroxylation is 1. The van der Waals surface area contributed by atoms with Gasteiger partial charge in [-0.3, -0.25) is 9.78 Å². The molecule has 1 aromatic carbocycles. The van der Waals surface area contributed by atoms with Crippen molar-refractivity contribution in [1.82, 2.24) is 15.3 Å². The summed E-state index contributed by atoms with van der Waals surface area (Å²) in [7, 11) is 0. The predicted molar refractivity (Wildman–Crippen MR) is 92.2 cm³/mol. The summed E-state index contributed by atoms with van der Waals surface area (Å²) in [5.74, 6) is 0.108. The summed E-state index contributed by atoms with van der Waals surface area (Å²) < 4.78 is 0. The van der Waals surface area contributed by atoms with Gasteiger partial charge in [0.25, 0.3) is 0 Å². The zero-order valence-electron chi connectivity index (χ0n) is 13.1. The maximum absolute atomic E-state index is 11.9. The number of H-pyrrole nitrogens is 1. The molecule has 2 aromatic heterocycles. The fourth-order valence-corrected chi connectivity index (χ4v) is 2.67. The zero-order valence-corrected chi connectivity index (χ0v) is 13.1. The number of hydrogen-bond donors (Lipinski definition) is 2. The Morgan fingerprint density at radius 3 is 2.78 bits per heavy atom. The first-order valence-corrected chi connectivity index (χ1v) is 8.04. The second kappa shape index (κ2) is 7.58. The highest BCUT2D eigenvalue weighted by molar-refractivity contribution is 5.80. The molecule has 118 valence electrons. The van der Waals surface area contributed by atoms with E-state index in [1.165, 1.54) is 5.39 Å².